The molecule has 1 amide bonds. The topological polar surface area (TPSA) is 80.4 Å². The smallest absolute Gasteiger partial charge is 0.341 e. The van der Waals surface area contributed by atoms with Gasteiger partial charge in [0, 0.05) is 28.7 Å². The summed E-state index contributed by atoms with van der Waals surface area (Å²) in [6.45, 7) is 2.57. The van der Waals surface area contributed by atoms with Crippen molar-refractivity contribution in [3.63, 3.8) is 0 Å². The van der Waals surface area contributed by atoms with Gasteiger partial charge in [-0.25, -0.2) is 4.79 Å². The van der Waals surface area contributed by atoms with Crippen molar-refractivity contribution in [3.8, 4) is 5.75 Å². The van der Waals surface area contributed by atoms with Gasteiger partial charge in [0.25, 0.3) is 5.91 Å². The molecule has 4 rings (SSSR count). The molecular formula is C24H26N2O4. The first-order valence-electron chi connectivity index (χ1n) is 10.2. The van der Waals surface area contributed by atoms with Crippen molar-refractivity contribution in [2.24, 2.45) is 5.92 Å². The van der Waals surface area contributed by atoms with Crippen LogP contribution in [-0.2, 0) is 24.1 Å². The van der Waals surface area contributed by atoms with E-state index in [2.05, 4.69) is 17.2 Å². The summed E-state index contributed by atoms with van der Waals surface area (Å²) >= 11 is 0. The van der Waals surface area contributed by atoms with Crippen LogP contribution in [0.25, 0.3) is 10.9 Å². The van der Waals surface area contributed by atoms with Crippen LogP contribution in [-0.4, -0.2) is 31.1 Å². The number of benzene rings is 2. The van der Waals surface area contributed by atoms with Crippen LogP contribution in [0.2, 0.25) is 0 Å². The Labute approximate surface area is 175 Å². The van der Waals surface area contributed by atoms with E-state index in [-0.39, 0.29) is 5.91 Å². The van der Waals surface area contributed by atoms with Crippen molar-refractivity contribution in [1.82, 2.24) is 10.3 Å². The highest BCUT2D eigenvalue weighted by Gasteiger charge is 2.20. The summed E-state index contributed by atoms with van der Waals surface area (Å²) in [4.78, 5) is 28.2. The maximum absolute atomic E-state index is 12.8. The van der Waals surface area contributed by atoms with E-state index < -0.39 is 5.97 Å². The minimum atomic E-state index is -0.475. The number of hydrogen-bond acceptors (Lipinski definition) is 4. The molecule has 30 heavy (non-hydrogen) atoms. The molecule has 3 aromatic rings. The second-order valence-electron chi connectivity index (χ2n) is 7.90. The van der Waals surface area contributed by atoms with E-state index in [9.17, 15) is 9.59 Å². The molecule has 0 saturated carbocycles. The predicted molar refractivity (Wildman–Crippen MR) is 115 cm³/mol. The Bertz CT molecular complexity index is 1120. The van der Waals surface area contributed by atoms with Gasteiger partial charge in [0.1, 0.15) is 11.3 Å². The zero-order chi connectivity index (χ0) is 21.3. The van der Waals surface area contributed by atoms with Crippen molar-refractivity contribution in [3.05, 3.63) is 64.3 Å². The summed E-state index contributed by atoms with van der Waals surface area (Å²) in [6, 6.07) is 11.0. The summed E-state index contributed by atoms with van der Waals surface area (Å²) < 4.78 is 10.0. The Balaban J connectivity index is 1.52. The third-order valence-corrected chi connectivity index (χ3v) is 5.82. The molecule has 1 unspecified atom stereocenters. The molecule has 2 aromatic carbocycles. The summed E-state index contributed by atoms with van der Waals surface area (Å²) in [5, 5.41) is 4.08. The normalized spacial score (nSPS) is 15.5. The fraction of sp³-hybridized carbons (Fsp3) is 0.333. The number of nitrogens with one attached hydrogen (secondary N) is 2. The molecule has 0 fully saturated rings. The molecular weight excluding hydrogens is 380 g/mol. The standard InChI is InChI=1S/C24H26N2O4/c1-14-4-7-20-17(10-14)18-12-16(6-8-21(18)26-20)23(27)25-13-15-5-9-22(29-2)19(11-15)24(28)30-3/h5-6,8-9,11-12,14,26H,4,7,10,13H2,1-3H3,(H,25,27). The molecule has 0 radical (unpaired) electrons. The fourth-order valence-corrected chi connectivity index (χ4v) is 4.15. The summed E-state index contributed by atoms with van der Waals surface area (Å²) in [7, 11) is 2.83. The van der Waals surface area contributed by atoms with Crippen LogP contribution in [0.4, 0.5) is 0 Å². The molecule has 6 nitrogen and oxygen atoms in total. The minimum Gasteiger partial charge on any atom is -0.496 e. The lowest BCUT2D eigenvalue weighted by Gasteiger charge is -2.18. The molecule has 1 aromatic heterocycles. The number of carbonyl (C=O) groups is 2. The van der Waals surface area contributed by atoms with Crippen LogP contribution in [0.3, 0.4) is 0 Å². The average Bonchev–Trinajstić information content (AvgIpc) is 3.13. The summed E-state index contributed by atoms with van der Waals surface area (Å²) in [5.74, 6) is 0.477. The van der Waals surface area contributed by atoms with Gasteiger partial charge < -0.3 is 19.8 Å². The van der Waals surface area contributed by atoms with Crippen LogP contribution in [0.1, 0.15) is 50.9 Å². The number of aryl methyl sites for hydroxylation is 1. The zero-order valence-electron chi connectivity index (χ0n) is 17.5. The van der Waals surface area contributed by atoms with Gasteiger partial charge >= 0.3 is 5.97 Å². The highest BCUT2D eigenvalue weighted by Crippen LogP contribution is 2.32. The quantitative estimate of drug-likeness (QED) is 0.627. The molecule has 1 heterocycles. The van der Waals surface area contributed by atoms with Gasteiger partial charge in [0.05, 0.1) is 14.2 Å². The lowest BCUT2D eigenvalue weighted by atomic mass is 9.87. The van der Waals surface area contributed by atoms with Crippen molar-refractivity contribution in [2.45, 2.75) is 32.7 Å². The van der Waals surface area contributed by atoms with Gasteiger partial charge in [-0.05, 0) is 66.6 Å². The molecule has 156 valence electrons. The van der Waals surface area contributed by atoms with E-state index in [1.807, 2.05) is 24.3 Å². The number of ether oxygens (including phenoxy) is 2. The Kier molecular flexibility index (Phi) is 5.48. The monoisotopic (exact) mass is 406 g/mol. The maximum atomic E-state index is 12.8. The van der Waals surface area contributed by atoms with E-state index in [1.165, 1.54) is 31.9 Å². The van der Waals surface area contributed by atoms with Gasteiger partial charge in [-0.1, -0.05) is 13.0 Å². The third kappa shape index (κ3) is 3.77. The number of aromatic amines is 1. The molecule has 0 saturated heterocycles. The predicted octanol–water partition coefficient (Wildman–Crippen LogP) is 4.02. The maximum Gasteiger partial charge on any atom is 0.341 e. The van der Waals surface area contributed by atoms with E-state index >= 15 is 0 Å². The van der Waals surface area contributed by atoms with Gasteiger partial charge in [0.15, 0.2) is 0 Å². The van der Waals surface area contributed by atoms with Crippen molar-refractivity contribution >= 4 is 22.8 Å². The first kappa shape index (κ1) is 20.0. The Morgan fingerprint density at radius 1 is 1.17 bits per heavy atom. The van der Waals surface area contributed by atoms with Crippen molar-refractivity contribution in [2.75, 3.05) is 14.2 Å². The largest absolute Gasteiger partial charge is 0.496 e. The van der Waals surface area contributed by atoms with E-state index in [0.29, 0.717) is 29.3 Å². The van der Waals surface area contributed by atoms with Gasteiger partial charge in [-0.3, -0.25) is 4.79 Å². The third-order valence-electron chi connectivity index (χ3n) is 5.82. The van der Waals surface area contributed by atoms with Crippen molar-refractivity contribution < 1.29 is 19.1 Å². The van der Waals surface area contributed by atoms with Gasteiger partial charge in [-0.15, -0.1) is 0 Å². The average molecular weight is 406 g/mol. The Morgan fingerprint density at radius 2 is 2.00 bits per heavy atom. The van der Waals surface area contributed by atoms with Crippen LogP contribution >= 0.6 is 0 Å². The number of hydrogen-bond donors (Lipinski definition) is 2. The number of methoxy groups -OCH3 is 2. The van der Waals surface area contributed by atoms with Crippen LogP contribution in [0, 0.1) is 5.92 Å². The highest BCUT2D eigenvalue weighted by molar-refractivity contribution is 5.99. The molecule has 1 aliphatic carbocycles. The first-order chi connectivity index (χ1) is 14.5. The number of amides is 1. The van der Waals surface area contributed by atoms with Crippen LogP contribution in [0.5, 0.6) is 5.75 Å². The molecule has 0 bridgehead atoms. The molecule has 2 N–H and O–H groups in total. The second-order valence-corrected chi connectivity index (χ2v) is 7.90. The number of fused-ring (bicyclic) bond motifs is 3. The zero-order valence-corrected chi connectivity index (χ0v) is 17.5. The molecule has 6 heteroatoms. The highest BCUT2D eigenvalue weighted by atomic mass is 16.5. The van der Waals surface area contributed by atoms with Gasteiger partial charge in [0.2, 0.25) is 0 Å². The number of H-pyrrole nitrogens is 1. The lowest BCUT2D eigenvalue weighted by molar-refractivity contribution is 0.0597. The second kappa shape index (κ2) is 8.22. The number of esters is 1. The van der Waals surface area contributed by atoms with E-state index in [4.69, 9.17) is 9.47 Å². The Hall–Kier alpha value is -3.28. The number of carbonyl (C=O) groups excluding carboxylic acids is 2. The number of aromatic nitrogens is 1. The first-order valence-corrected chi connectivity index (χ1v) is 10.2. The van der Waals surface area contributed by atoms with Crippen molar-refractivity contribution in [1.29, 1.82) is 0 Å². The summed E-state index contributed by atoms with van der Waals surface area (Å²) in [6.07, 6.45) is 3.30. The Morgan fingerprint density at radius 3 is 2.77 bits per heavy atom. The van der Waals surface area contributed by atoms with Gasteiger partial charge in [-0.2, -0.15) is 0 Å². The summed E-state index contributed by atoms with van der Waals surface area (Å²) in [5.41, 5.74) is 5.48. The molecule has 0 spiro atoms. The van der Waals surface area contributed by atoms with Crippen LogP contribution < -0.4 is 10.1 Å². The van der Waals surface area contributed by atoms with Crippen LogP contribution in [0.15, 0.2) is 36.4 Å². The molecule has 1 aliphatic rings. The molecule has 1 atom stereocenters. The lowest BCUT2D eigenvalue weighted by Crippen LogP contribution is -2.23. The molecule has 0 aliphatic heterocycles. The SMILES string of the molecule is COC(=O)c1cc(CNC(=O)c2ccc3[nH]c4c(c3c2)CC(C)CC4)ccc1OC. The van der Waals surface area contributed by atoms with E-state index in [1.54, 1.807) is 12.1 Å². The minimum absolute atomic E-state index is 0.147. The van der Waals surface area contributed by atoms with E-state index in [0.717, 1.165) is 29.3 Å². The fourth-order valence-electron chi connectivity index (χ4n) is 4.15. The number of rotatable bonds is 5.